The molecule has 0 spiro atoms. The van der Waals surface area contributed by atoms with Crippen LogP contribution >= 0.6 is 15.9 Å². The van der Waals surface area contributed by atoms with E-state index in [1.807, 2.05) is 25.1 Å². The van der Waals surface area contributed by atoms with Crippen molar-refractivity contribution >= 4 is 39.6 Å². The standard InChI is InChI=1S/C25H24BrN3O5/c1-16-8-10-18(11-9-16)25(31)29-27-14-17-12-19(26)24(22(13-17)33-3)34-15-23(30)28-20-6-4-5-7-21(20)32-2/h4-14H,15H2,1-3H3,(H,28,30)(H,29,31)/b27-14+. The maximum absolute atomic E-state index is 12.4. The SMILES string of the molecule is COc1ccccc1NC(=O)COc1c(Br)cc(/C=N/NC(=O)c2ccc(C)cc2)cc1OC. The Hall–Kier alpha value is -3.85. The second kappa shape index (κ2) is 11.9. The molecule has 8 nitrogen and oxygen atoms in total. The van der Waals surface area contributed by atoms with Gasteiger partial charge in [0.1, 0.15) is 5.75 Å². The van der Waals surface area contributed by atoms with Crippen molar-refractivity contribution in [2.24, 2.45) is 5.10 Å². The second-order valence-electron chi connectivity index (χ2n) is 7.14. The van der Waals surface area contributed by atoms with Gasteiger partial charge in [0.2, 0.25) is 0 Å². The van der Waals surface area contributed by atoms with Gasteiger partial charge < -0.3 is 19.5 Å². The number of anilines is 1. The highest BCUT2D eigenvalue weighted by Gasteiger charge is 2.14. The summed E-state index contributed by atoms with van der Waals surface area (Å²) in [5.74, 6) is 0.628. The normalized spacial score (nSPS) is 10.6. The molecule has 3 aromatic rings. The van der Waals surface area contributed by atoms with Crippen molar-refractivity contribution in [2.45, 2.75) is 6.92 Å². The minimum atomic E-state index is -0.358. The number of rotatable bonds is 9. The minimum Gasteiger partial charge on any atom is -0.495 e. The average Bonchev–Trinajstić information content (AvgIpc) is 2.83. The number of nitrogens with zero attached hydrogens (tertiary/aromatic N) is 1. The Labute approximate surface area is 206 Å². The smallest absolute Gasteiger partial charge is 0.271 e. The molecule has 0 radical (unpaired) electrons. The molecule has 3 aromatic carbocycles. The lowest BCUT2D eigenvalue weighted by atomic mass is 10.1. The number of hydrazone groups is 1. The van der Waals surface area contributed by atoms with Crippen LogP contribution in [0.1, 0.15) is 21.5 Å². The highest BCUT2D eigenvalue weighted by atomic mass is 79.9. The summed E-state index contributed by atoms with van der Waals surface area (Å²) in [5, 5.41) is 6.75. The lowest BCUT2D eigenvalue weighted by molar-refractivity contribution is -0.118. The number of nitrogens with one attached hydrogen (secondary N) is 2. The van der Waals surface area contributed by atoms with Gasteiger partial charge in [0.05, 0.1) is 30.6 Å². The Balaban J connectivity index is 1.63. The molecule has 2 N–H and O–H groups in total. The Morgan fingerprint density at radius 3 is 2.41 bits per heavy atom. The molecule has 0 aromatic heterocycles. The van der Waals surface area contributed by atoms with Crippen LogP contribution in [0.4, 0.5) is 5.69 Å². The molecule has 0 saturated carbocycles. The third-order valence-electron chi connectivity index (χ3n) is 4.67. The summed E-state index contributed by atoms with van der Waals surface area (Å²) in [5.41, 5.74) is 5.26. The Bertz CT molecular complexity index is 1200. The van der Waals surface area contributed by atoms with Crippen LogP contribution < -0.4 is 25.0 Å². The molecule has 0 fully saturated rings. The van der Waals surface area contributed by atoms with E-state index in [0.717, 1.165) is 5.56 Å². The fraction of sp³-hybridized carbons (Fsp3) is 0.160. The topological polar surface area (TPSA) is 98.3 Å². The highest BCUT2D eigenvalue weighted by Crippen LogP contribution is 2.36. The van der Waals surface area contributed by atoms with E-state index >= 15 is 0 Å². The van der Waals surface area contributed by atoms with E-state index in [-0.39, 0.29) is 18.4 Å². The molecule has 0 heterocycles. The summed E-state index contributed by atoms with van der Waals surface area (Å²) in [7, 11) is 3.02. The van der Waals surface area contributed by atoms with E-state index < -0.39 is 0 Å². The van der Waals surface area contributed by atoms with Crippen LogP contribution in [0.5, 0.6) is 17.2 Å². The van der Waals surface area contributed by atoms with Crippen LogP contribution in [0.3, 0.4) is 0 Å². The van der Waals surface area contributed by atoms with E-state index in [1.165, 1.54) is 20.4 Å². The number of carbonyl (C=O) groups excluding carboxylic acids is 2. The first-order valence-corrected chi connectivity index (χ1v) is 11.0. The Kier molecular flexibility index (Phi) is 8.64. The number of methoxy groups -OCH3 is 2. The van der Waals surface area contributed by atoms with E-state index in [2.05, 4.69) is 31.8 Å². The summed E-state index contributed by atoms with van der Waals surface area (Å²) in [6.07, 6.45) is 1.48. The maximum atomic E-state index is 12.4. The molecule has 34 heavy (non-hydrogen) atoms. The minimum absolute atomic E-state index is 0.243. The predicted octanol–water partition coefficient (Wildman–Crippen LogP) is 4.56. The van der Waals surface area contributed by atoms with Crippen molar-refractivity contribution in [1.29, 1.82) is 0 Å². The van der Waals surface area contributed by atoms with Gasteiger partial charge in [-0.15, -0.1) is 0 Å². The molecule has 0 aliphatic rings. The monoisotopic (exact) mass is 525 g/mol. The van der Waals surface area contributed by atoms with Gasteiger partial charge in [0, 0.05) is 5.56 Å². The third-order valence-corrected chi connectivity index (χ3v) is 5.26. The van der Waals surface area contributed by atoms with Crippen molar-refractivity contribution < 1.29 is 23.8 Å². The first-order chi connectivity index (χ1) is 16.4. The van der Waals surface area contributed by atoms with Crippen LogP contribution in [-0.4, -0.2) is 38.9 Å². The molecule has 0 unspecified atom stereocenters. The number of para-hydroxylation sites is 2. The fourth-order valence-corrected chi connectivity index (χ4v) is 3.54. The summed E-state index contributed by atoms with van der Waals surface area (Å²) in [6.45, 7) is 1.71. The van der Waals surface area contributed by atoms with Gasteiger partial charge in [-0.05, 0) is 64.8 Å². The van der Waals surface area contributed by atoms with Gasteiger partial charge in [-0.1, -0.05) is 29.8 Å². The van der Waals surface area contributed by atoms with Crippen molar-refractivity contribution in [1.82, 2.24) is 5.43 Å². The average molecular weight is 526 g/mol. The predicted molar refractivity (Wildman–Crippen MR) is 134 cm³/mol. The second-order valence-corrected chi connectivity index (χ2v) is 7.99. The van der Waals surface area contributed by atoms with Crippen molar-refractivity contribution in [3.63, 3.8) is 0 Å². The van der Waals surface area contributed by atoms with Crippen LogP contribution in [-0.2, 0) is 4.79 Å². The van der Waals surface area contributed by atoms with Crippen LogP contribution in [0.15, 0.2) is 70.2 Å². The number of hydrogen-bond donors (Lipinski definition) is 2. The highest BCUT2D eigenvalue weighted by molar-refractivity contribution is 9.10. The lowest BCUT2D eigenvalue weighted by Crippen LogP contribution is -2.20. The number of aryl methyl sites for hydroxylation is 1. The first-order valence-electron chi connectivity index (χ1n) is 10.2. The number of ether oxygens (including phenoxy) is 3. The zero-order chi connectivity index (χ0) is 24.5. The molecule has 9 heteroatoms. The third kappa shape index (κ3) is 6.58. The molecular formula is C25H24BrN3O5. The molecule has 0 aliphatic carbocycles. The Morgan fingerprint density at radius 2 is 1.71 bits per heavy atom. The van der Waals surface area contributed by atoms with E-state index in [1.54, 1.807) is 42.5 Å². The van der Waals surface area contributed by atoms with Gasteiger partial charge in [-0.25, -0.2) is 5.43 Å². The molecule has 2 amide bonds. The van der Waals surface area contributed by atoms with Crippen LogP contribution in [0, 0.1) is 6.92 Å². The molecule has 0 atom stereocenters. The van der Waals surface area contributed by atoms with Gasteiger partial charge in [0.25, 0.3) is 11.8 Å². The molecule has 3 rings (SSSR count). The van der Waals surface area contributed by atoms with E-state index in [0.29, 0.717) is 38.5 Å². The van der Waals surface area contributed by atoms with E-state index in [9.17, 15) is 9.59 Å². The number of amides is 2. The van der Waals surface area contributed by atoms with Crippen molar-refractivity contribution in [3.05, 3.63) is 81.8 Å². The summed E-state index contributed by atoms with van der Waals surface area (Å²) in [6, 6.07) is 17.7. The maximum Gasteiger partial charge on any atom is 0.271 e. The number of halogens is 1. The fourth-order valence-electron chi connectivity index (χ4n) is 2.96. The van der Waals surface area contributed by atoms with Crippen LogP contribution in [0.25, 0.3) is 0 Å². The zero-order valence-electron chi connectivity index (χ0n) is 18.9. The number of hydrogen-bond acceptors (Lipinski definition) is 6. The summed E-state index contributed by atoms with van der Waals surface area (Å²) < 4.78 is 16.9. The van der Waals surface area contributed by atoms with E-state index in [4.69, 9.17) is 14.2 Å². The van der Waals surface area contributed by atoms with Gasteiger partial charge in [0.15, 0.2) is 18.1 Å². The molecule has 0 aliphatic heterocycles. The lowest BCUT2D eigenvalue weighted by Gasteiger charge is -2.14. The quantitative estimate of drug-likeness (QED) is 0.315. The Morgan fingerprint density at radius 1 is 1.00 bits per heavy atom. The first kappa shape index (κ1) is 24.8. The summed E-state index contributed by atoms with van der Waals surface area (Å²) >= 11 is 3.44. The van der Waals surface area contributed by atoms with Crippen molar-refractivity contribution in [2.75, 3.05) is 26.1 Å². The van der Waals surface area contributed by atoms with Crippen molar-refractivity contribution in [3.8, 4) is 17.2 Å². The van der Waals surface area contributed by atoms with Gasteiger partial charge in [-0.2, -0.15) is 5.10 Å². The molecular weight excluding hydrogens is 502 g/mol. The number of carbonyl (C=O) groups is 2. The molecule has 0 bridgehead atoms. The summed E-state index contributed by atoms with van der Waals surface area (Å²) in [4.78, 5) is 24.5. The van der Waals surface area contributed by atoms with Gasteiger partial charge >= 0.3 is 0 Å². The zero-order valence-corrected chi connectivity index (χ0v) is 20.5. The largest absolute Gasteiger partial charge is 0.495 e. The van der Waals surface area contributed by atoms with Crippen LogP contribution in [0.2, 0.25) is 0 Å². The number of benzene rings is 3. The molecule has 0 saturated heterocycles. The van der Waals surface area contributed by atoms with Gasteiger partial charge in [-0.3, -0.25) is 9.59 Å². The molecule has 176 valence electrons.